The van der Waals surface area contributed by atoms with Crippen LogP contribution < -0.4 is 0 Å². The van der Waals surface area contributed by atoms with E-state index < -0.39 is 6.10 Å². The molecule has 1 saturated heterocycles. The Labute approximate surface area is 301 Å². The van der Waals surface area contributed by atoms with Crippen molar-refractivity contribution in [2.24, 2.45) is 5.92 Å². The van der Waals surface area contributed by atoms with Gasteiger partial charge in [0.15, 0.2) is 0 Å². The highest BCUT2D eigenvalue weighted by Crippen LogP contribution is 2.30. The van der Waals surface area contributed by atoms with Gasteiger partial charge in [-0.3, -0.25) is 9.59 Å². The molecule has 6 nitrogen and oxygen atoms in total. The molecule has 1 heterocycles. The van der Waals surface area contributed by atoms with Crippen LogP contribution in [0.2, 0.25) is 0 Å². The topological polar surface area (TPSA) is 85.4 Å². The average molecular weight is 689 g/mol. The molecule has 0 saturated carbocycles. The quantitative estimate of drug-likeness (QED) is 0.0309. The minimum absolute atomic E-state index is 0.138. The van der Waals surface area contributed by atoms with E-state index in [9.17, 15) is 14.7 Å². The number of aliphatic hydroxyl groups is 1. The highest BCUT2D eigenvalue weighted by molar-refractivity contribution is 5.69. The van der Waals surface area contributed by atoms with Crippen molar-refractivity contribution in [3.63, 3.8) is 0 Å². The summed E-state index contributed by atoms with van der Waals surface area (Å²) in [6, 6.07) is 0. The lowest BCUT2D eigenvalue weighted by molar-refractivity contribution is -0.152. The second-order valence-corrected chi connectivity index (χ2v) is 14.6. The van der Waals surface area contributed by atoms with Gasteiger partial charge >= 0.3 is 11.9 Å². The van der Waals surface area contributed by atoms with E-state index in [1.807, 2.05) is 0 Å². The third-order valence-corrected chi connectivity index (χ3v) is 9.23. The molecule has 1 rings (SSSR count). The van der Waals surface area contributed by atoms with Gasteiger partial charge in [-0.05, 0) is 57.3 Å². The Morgan fingerprint density at radius 2 is 1.10 bits per heavy atom. The number of carbonyl (C=O) groups is 2. The summed E-state index contributed by atoms with van der Waals surface area (Å²) in [5.74, 6) is 0.212. The van der Waals surface area contributed by atoms with E-state index in [0.717, 1.165) is 50.9 Å². The molecule has 0 radical (unpaired) electrons. The number of hydrogen-bond donors (Lipinski definition) is 1. The fourth-order valence-electron chi connectivity index (χ4n) is 6.00. The van der Waals surface area contributed by atoms with Crippen LogP contribution in [0.3, 0.4) is 0 Å². The Bertz CT molecular complexity index is 862. The Morgan fingerprint density at radius 1 is 0.612 bits per heavy atom. The molecule has 0 aromatic heterocycles. The van der Waals surface area contributed by atoms with Gasteiger partial charge in [0.1, 0.15) is 19.3 Å². The first-order valence-corrected chi connectivity index (χ1v) is 20.5. The number of epoxide rings is 1. The van der Waals surface area contributed by atoms with Crippen molar-refractivity contribution in [1.29, 1.82) is 0 Å². The van der Waals surface area contributed by atoms with Crippen LogP contribution in [0.15, 0.2) is 36.5 Å². The molecular formula is C43H76O6. The van der Waals surface area contributed by atoms with Crippen LogP contribution in [0.4, 0.5) is 0 Å². The molecule has 0 aliphatic carbocycles. The second kappa shape index (κ2) is 33.2. The lowest BCUT2D eigenvalue weighted by atomic mass is 10.0. The zero-order valence-electron chi connectivity index (χ0n) is 32.1. The molecule has 6 heteroatoms. The largest absolute Gasteiger partial charge is 0.463 e. The molecule has 1 fully saturated rings. The second-order valence-electron chi connectivity index (χ2n) is 14.6. The zero-order valence-corrected chi connectivity index (χ0v) is 32.1. The molecule has 0 aromatic carbocycles. The molecule has 0 aromatic rings. The summed E-state index contributed by atoms with van der Waals surface area (Å²) >= 11 is 0. The highest BCUT2D eigenvalue weighted by atomic mass is 16.6. The van der Waals surface area contributed by atoms with Gasteiger partial charge in [0.2, 0.25) is 0 Å². The number of ether oxygens (including phenoxy) is 3. The van der Waals surface area contributed by atoms with Crippen LogP contribution in [0.1, 0.15) is 188 Å². The van der Waals surface area contributed by atoms with Crippen molar-refractivity contribution in [2.45, 2.75) is 206 Å². The van der Waals surface area contributed by atoms with Crippen LogP contribution in [-0.2, 0) is 23.8 Å². The molecule has 1 N–H and O–H groups in total. The molecule has 1 aliphatic heterocycles. The molecule has 49 heavy (non-hydrogen) atoms. The van der Waals surface area contributed by atoms with Gasteiger partial charge in [0.05, 0.1) is 12.2 Å². The van der Waals surface area contributed by atoms with Gasteiger partial charge in [-0.25, -0.2) is 0 Å². The van der Waals surface area contributed by atoms with E-state index in [-0.39, 0.29) is 37.4 Å². The minimum atomic E-state index is -0.993. The first kappa shape index (κ1) is 45.1. The maximum Gasteiger partial charge on any atom is 0.305 e. The van der Waals surface area contributed by atoms with Crippen molar-refractivity contribution in [3.8, 4) is 0 Å². The molecule has 284 valence electrons. The van der Waals surface area contributed by atoms with Crippen LogP contribution in [0, 0.1) is 5.92 Å². The molecule has 0 amide bonds. The standard InChI is InChI=1S/C43H76O6/c1-4-5-6-7-8-9-10-16-19-22-25-28-32-40-41(49-40)33-30-35-43(46)48-37-39(44)36-47-42(45)34-29-26-23-20-17-14-12-11-13-15-18-21-24-27-31-38(2)3/h8-9,16,19,25,28,38-41,44H,4-7,10-15,17-18,20-24,26-27,29-37H2,1-3H3/b9-8-,19-16-,28-25-/t39-,40?,41?/m0/s1. The lowest BCUT2D eigenvalue weighted by Crippen LogP contribution is -2.25. The van der Waals surface area contributed by atoms with E-state index in [1.165, 1.54) is 103 Å². The number of rotatable bonds is 35. The van der Waals surface area contributed by atoms with Crippen LogP contribution >= 0.6 is 0 Å². The van der Waals surface area contributed by atoms with Crippen molar-refractivity contribution in [1.82, 2.24) is 0 Å². The predicted octanol–water partition coefficient (Wildman–Crippen LogP) is 11.7. The molecule has 0 bridgehead atoms. The summed E-state index contributed by atoms with van der Waals surface area (Å²) in [6.07, 6.45) is 42.2. The monoisotopic (exact) mass is 689 g/mol. The molecule has 2 unspecified atom stereocenters. The zero-order chi connectivity index (χ0) is 35.6. The Balaban J connectivity index is 1.86. The van der Waals surface area contributed by atoms with E-state index in [0.29, 0.717) is 19.3 Å². The fraction of sp³-hybridized carbons (Fsp3) is 0.814. The Morgan fingerprint density at radius 3 is 1.65 bits per heavy atom. The van der Waals surface area contributed by atoms with Gasteiger partial charge < -0.3 is 19.3 Å². The van der Waals surface area contributed by atoms with Crippen molar-refractivity contribution in [3.05, 3.63) is 36.5 Å². The summed E-state index contributed by atoms with van der Waals surface area (Å²) in [6.45, 7) is 6.57. The highest BCUT2D eigenvalue weighted by Gasteiger charge is 2.36. The summed E-state index contributed by atoms with van der Waals surface area (Å²) < 4.78 is 16.1. The number of esters is 2. The summed E-state index contributed by atoms with van der Waals surface area (Å²) in [4.78, 5) is 24.0. The van der Waals surface area contributed by atoms with Gasteiger partial charge in [0.25, 0.3) is 0 Å². The maximum atomic E-state index is 12.0. The number of allylic oxidation sites excluding steroid dienone is 5. The first-order valence-electron chi connectivity index (χ1n) is 20.5. The van der Waals surface area contributed by atoms with Gasteiger partial charge in [-0.1, -0.05) is 160 Å². The van der Waals surface area contributed by atoms with E-state index in [2.05, 4.69) is 57.2 Å². The summed E-state index contributed by atoms with van der Waals surface area (Å²) in [5, 5.41) is 10.0. The maximum absolute atomic E-state index is 12.0. The van der Waals surface area contributed by atoms with E-state index in [4.69, 9.17) is 14.2 Å². The first-order chi connectivity index (χ1) is 23.9. The molecule has 0 spiro atoms. The number of unbranched alkanes of at least 4 members (excludes halogenated alkanes) is 16. The SMILES string of the molecule is CCCCC/C=C\C/C=C\C/C=C\CC1OC1CCCC(=O)OC[C@@H](O)COC(=O)CCCCCCCCCCCCCCCCC(C)C. The predicted molar refractivity (Wildman–Crippen MR) is 205 cm³/mol. The average Bonchev–Trinajstić information content (AvgIpc) is 3.84. The normalized spacial score (nSPS) is 16.8. The fourth-order valence-corrected chi connectivity index (χ4v) is 6.00. The lowest BCUT2D eigenvalue weighted by Gasteiger charge is -2.12. The van der Waals surface area contributed by atoms with Crippen LogP contribution in [-0.4, -0.2) is 48.6 Å². The van der Waals surface area contributed by atoms with Gasteiger partial charge in [-0.2, -0.15) is 0 Å². The van der Waals surface area contributed by atoms with Crippen LogP contribution in [0.25, 0.3) is 0 Å². The van der Waals surface area contributed by atoms with Crippen molar-refractivity contribution >= 4 is 11.9 Å². The van der Waals surface area contributed by atoms with Crippen LogP contribution in [0.5, 0.6) is 0 Å². The summed E-state index contributed by atoms with van der Waals surface area (Å²) in [5.41, 5.74) is 0. The smallest absolute Gasteiger partial charge is 0.305 e. The number of aliphatic hydroxyl groups excluding tert-OH is 1. The van der Waals surface area contributed by atoms with Gasteiger partial charge in [-0.15, -0.1) is 0 Å². The number of carbonyl (C=O) groups excluding carboxylic acids is 2. The minimum Gasteiger partial charge on any atom is -0.463 e. The van der Waals surface area contributed by atoms with Crippen molar-refractivity contribution in [2.75, 3.05) is 13.2 Å². The molecule has 1 aliphatic rings. The molecule has 3 atom stereocenters. The Hall–Kier alpha value is -1.92. The third kappa shape index (κ3) is 31.8. The van der Waals surface area contributed by atoms with E-state index in [1.54, 1.807) is 0 Å². The number of hydrogen-bond acceptors (Lipinski definition) is 6. The Kier molecular flexibility index (Phi) is 30.6. The van der Waals surface area contributed by atoms with E-state index >= 15 is 0 Å². The van der Waals surface area contributed by atoms with Gasteiger partial charge in [0, 0.05) is 12.8 Å². The molecular weight excluding hydrogens is 612 g/mol. The van der Waals surface area contributed by atoms with Crippen molar-refractivity contribution < 1.29 is 28.9 Å². The third-order valence-electron chi connectivity index (χ3n) is 9.23. The summed E-state index contributed by atoms with van der Waals surface area (Å²) in [7, 11) is 0.